The van der Waals surface area contributed by atoms with Crippen molar-refractivity contribution in [3.05, 3.63) is 296 Å². The van der Waals surface area contributed by atoms with Gasteiger partial charge in [-0.05, 0) is 158 Å². The van der Waals surface area contributed by atoms with Crippen molar-refractivity contribution in [1.82, 2.24) is 0 Å². The molecule has 0 heterocycles. The van der Waals surface area contributed by atoms with E-state index in [9.17, 15) is 82.4 Å². The van der Waals surface area contributed by atoms with Gasteiger partial charge in [-0.15, -0.1) is 0 Å². The van der Waals surface area contributed by atoms with E-state index < -0.39 is 64.3 Å². The first kappa shape index (κ1) is 106. The van der Waals surface area contributed by atoms with E-state index in [4.69, 9.17) is 59.0 Å². The second kappa shape index (κ2) is 46.0. The molecule has 10 aromatic carbocycles. The summed E-state index contributed by atoms with van der Waals surface area (Å²) >= 11 is 0. The number of rotatable bonds is 21. The Bertz CT molecular complexity index is 6250. The molecule has 5 aliphatic rings. The SMILES string of the molecule is C.C.CCOC(=O)c1cc(OCC)c2c(c1)C(=O)c1cccc(OCC)c1C2=O.CCOc1cccc2c1C(=O)c1c(OCC)cc(C(=O)N=[N+]=[N-])cc1C2=O.CCOc1cccc2c1C(=O)c1c(OCC)cc(C(=O)O)cc1C2=O.CCOc1cccc2c1C(=O)c1c(OCC)cc(N)cc1C2=O.O=C(O)c1cc(O)c2c(c1)C(=O)c1cccc(O)c1C2=O.[Na+].[Na+].[OH-].[OH-]. The molecule has 33 nitrogen and oxygen atoms in total. The Balaban J connectivity index is 0.000000283. The molecule has 0 fully saturated rings. The number of aromatic hydroxyl groups is 2. The van der Waals surface area contributed by atoms with E-state index in [-0.39, 0.29) is 285 Å². The molecule has 35 heteroatoms. The maximum atomic E-state index is 13.2. The average molecular weight is 1780 g/mol. The minimum Gasteiger partial charge on any atom is -0.870 e. The normalized spacial score (nSPS) is 11.8. The number of phenolic OH excluding ortho intramolecular Hbond substituents is 2. The molecular formula is C94H86N4Na2O29. The van der Waals surface area contributed by atoms with Gasteiger partial charge in [-0.25, -0.2) is 14.4 Å². The summed E-state index contributed by atoms with van der Waals surface area (Å²) in [6, 6.07) is 36.5. The summed E-state index contributed by atoms with van der Waals surface area (Å²) in [6.07, 6.45) is 0. The number of carboxylic acid groups (broad SMARTS) is 2. The van der Waals surface area contributed by atoms with E-state index in [0.717, 1.165) is 12.1 Å². The molecule has 0 saturated heterocycles. The summed E-state index contributed by atoms with van der Waals surface area (Å²) in [5.41, 5.74) is 16.7. The van der Waals surface area contributed by atoms with Crippen molar-refractivity contribution in [2.24, 2.45) is 5.11 Å². The number of carboxylic acids is 2. The van der Waals surface area contributed by atoms with Crippen LogP contribution >= 0.6 is 0 Å². The van der Waals surface area contributed by atoms with Crippen LogP contribution in [-0.4, -0.2) is 172 Å². The number of hydrogen-bond acceptors (Lipinski definition) is 28. The quantitative estimate of drug-likeness (QED) is 0.0112. The Kier molecular flexibility index (Phi) is 37.6. The van der Waals surface area contributed by atoms with Gasteiger partial charge in [-0.2, -0.15) is 0 Å². The Morgan fingerprint density at radius 1 is 0.310 bits per heavy atom. The van der Waals surface area contributed by atoms with Gasteiger partial charge in [-0.1, -0.05) is 75.5 Å². The molecule has 10 aromatic rings. The number of fused-ring (bicyclic) bond motifs is 10. The summed E-state index contributed by atoms with van der Waals surface area (Å²) in [7, 11) is 0. The summed E-state index contributed by atoms with van der Waals surface area (Å²) < 4.78 is 49.2. The van der Waals surface area contributed by atoms with Crippen LogP contribution < -0.4 is 103 Å². The molecule has 5 aliphatic carbocycles. The molecule has 0 aromatic heterocycles. The zero-order valence-electron chi connectivity index (χ0n) is 70.3. The van der Waals surface area contributed by atoms with E-state index in [1.807, 2.05) is 13.8 Å². The smallest absolute Gasteiger partial charge is 0.870 e. The summed E-state index contributed by atoms with van der Waals surface area (Å²) in [4.78, 5) is 178. The molecule has 8 N–H and O–H groups in total. The third-order valence-corrected chi connectivity index (χ3v) is 19.2. The van der Waals surface area contributed by atoms with Crippen molar-refractivity contribution < 1.29 is 200 Å². The molecule has 658 valence electrons. The number of amides is 1. The number of esters is 1. The number of nitrogen functional groups attached to an aromatic ring is 1. The Hall–Kier alpha value is -14.0. The van der Waals surface area contributed by atoms with Crippen LogP contribution in [0.1, 0.15) is 278 Å². The van der Waals surface area contributed by atoms with E-state index in [0.29, 0.717) is 73.0 Å². The second-order valence-corrected chi connectivity index (χ2v) is 26.5. The van der Waals surface area contributed by atoms with Crippen LogP contribution in [0.3, 0.4) is 0 Å². The molecule has 0 bridgehead atoms. The van der Waals surface area contributed by atoms with Gasteiger partial charge in [0.2, 0.25) is 34.8 Å². The third kappa shape index (κ3) is 20.8. The molecule has 0 atom stereocenters. The van der Waals surface area contributed by atoms with Gasteiger partial charge in [0.25, 0.3) is 0 Å². The fraction of sp³-hybridized carbons (Fsp3) is 0.213. The number of anilines is 1. The van der Waals surface area contributed by atoms with Crippen molar-refractivity contribution in [2.75, 3.05) is 65.2 Å². The third-order valence-electron chi connectivity index (χ3n) is 19.2. The number of carbonyl (C=O) groups is 14. The maximum absolute atomic E-state index is 13.2. The fourth-order valence-electron chi connectivity index (χ4n) is 14.3. The number of hydrogen-bond donors (Lipinski definition) is 5. The molecule has 0 spiro atoms. The molecule has 15 rings (SSSR count). The van der Waals surface area contributed by atoms with Gasteiger partial charge in [-0.3, -0.25) is 52.7 Å². The molecule has 0 saturated carbocycles. The number of phenols is 2. The summed E-state index contributed by atoms with van der Waals surface area (Å²) in [5.74, 6) is -7.07. The summed E-state index contributed by atoms with van der Waals surface area (Å²) in [6.45, 7) is 18.7. The fourth-order valence-corrected chi connectivity index (χ4v) is 14.3. The van der Waals surface area contributed by atoms with Crippen molar-refractivity contribution in [3.8, 4) is 57.5 Å². The molecule has 0 unspecified atom stereocenters. The second-order valence-electron chi connectivity index (χ2n) is 26.5. The van der Waals surface area contributed by atoms with E-state index in [1.165, 1.54) is 72.8 Å². The zero-order valence-corrected chi connectivity index (χ0v) is 74.3. The number of carbonyl (C=O) groups excluding carboxylic acids is 12. The minimum absolute atomic E-state index is 0. The molecular weight excluding hydrogens is 1700 g/mol. The van der Waals surface area contributed by atoms with Crippen molar-refractivity contribution in [3.63, 3.8) is 0 Å². The number of ether oxygens (including phenoxy) is 9. The first-order valence-corrected chi connectivity index (χ1v) is 38.5. The maximum Gasteiger partial charge on any atom is 1.00 e. The zero-order chi connectivity index (χ0) is 89.1. The number of nitrogens with two attached hydrogens (primary N) is 1. The molecule has 129 heavy (non-hydrogen) atoms. The van der Waals surface area contributed by atoms with Gasteiger partial charge in [0.1, 0.15) is 57.5 Å². The Morgan fingerprint density at radius 3 is 0.884 bits per heavy atom. The van der Waals surface area contributed by atoms with Gasteiger partial charge in [0, 0.05) is 77.9 Å². The summed E-state index contributed by atoms with van der Waals surface area (Å²) in [5, 5.41) is 40.9. The van der Waals surface area contributed by atoms with E-state index >= 15 is 0 Å². The van der Waals surface area contributed by atoms with Crippen LogP contribution in [0, 0.1) is 0 Å². The van der Waals surface area contributed by atoms with Crippen molar-refractivity contribution in [1.29, 1.82) is 0 Å². The van der Waals surface area contributed by atoms with Crippen molar-refractivity contribution >= 4 is 87.3 Å². The van der Waals surface area contributed by atoms with Crippen LogP contribution in [-0.2, 0) is 4.74 Å². The van der Waals surface area contributed by atoms with Crippen LogP contribution in [0.2, 0.25) is 0 Å². The van der Waals surface area contributed by atoms with E-state index in [1.54, 1.807) is 115 Å². The van der Waals surface area contributed by atoms with E-state index in [2.05, 4.69) is 10.0 Å². The van der Waals surface area contributed by atoms with Gasteiger partial charge >= 0.3 is 77.0 Å². The number of nitrogens with zero attached hydrogens (tertiary/aromatic N) is 3. The number of azide groups is 1. The number of aromatic carboxylic acids is 2. The van der Waals surface area contributed by atoms with Crippen molar-refractivity contribution in [2.45, 2.75) is 77.2 Å². The largest absolute Gasteiger partial charge is 1.00 e. The number of ketones is 10. The minimum atomic E-state index is -1.32. The standard InChI is InChI=1S/C21H20O6.C19H15N3O5.C19H16O6.C18H17NO4.C15H8O6.2CH4.2Na.2H2O/c1-4-25-15-9-7-8-13-17(15)20(23)18-14(19(13)22)10-12(21(24)27-6-3)11-16(18)26-5-2;1-3-26-13-7-5-6-11-15(13)18(24)16-12(17(11)23)8-10(19(25)21-22-20)9-14(16)27-4-2;1-3-24-13-7-5-6-11-15(13)18(21)16-12(17(11)20)8-10(19(22)23)9-14(16)25-4-2;1-3-22-13-7-5-6-11-15(13)18(21)16-12(17(11)20)8-10(19)9-14(16)23-4-2;16-9-3-1-2-7-11(9)14(19)12-8(13(7)18)4-6(15(20)21)5-10(12)17;;;;;;/h7-11H,4-6H2,1-3H3;5-9H,3-4H2,1-2H3;5-9H,3-4H2,1-2H3,(H,22,23);5-9H,3-4,19H2,1-2H3;1-5,16-17H,(H,20,21);2*1H4;;;2*1H2/q;;;;;;;2*+1;;/p-2. The number of benzene rings is 10. The van der Waals surface area contributed by atoms with Crippen LogP contribution in [0.5, 0.6) is 57.5 Å². The molecule has 1 amide bonds. The first-order chi connectivity index (χ1) is 59.0. The Morgan fingerprint density at radius 2 is 0.558 bits per heavy atom. The monoisotopic (exact) mass is 1780 g/mol. The first-order valence-electron chi connectivity index (χ1n) is 38.5. The van der Waals surface area contributed by atoms with Gasteiger partial charge in [0.05, 0.1) is 132 Å². The topological polar surface area (TPSA) is 538 Å². The molecule has 0 aliphatic heterocycles. The predicted molar refractivity (Wildman–Crippen MR) is 457 cm³/mol. The van der Waals surface area contributed by atoms with Gasteiger partial charge < -0.3 is 79.7 Å². The predicted octanol–water partition coefficient (Wildman–Crippen LogP) is 9.44. The van der Waals surface area contributed by atoms with Crippen LogP contribution in [0.4, 0.5) is 5.69 Å². The molecule has 0 radical (unpaired) electrons. The Labute approximate surface area is 782 Å². The van der Waals surface area contributed by atoms with Crippen LogP contribution in [0.15, 0.2) is 157 Å². The van der Waals surface area contributed by atoms with Crippen LogP contribution in [0.25, 0.3) is 10.4 Å². The van der Waals surface area contributed by atoms with Gasteiger partial charge in [0.15, 0.2) is 28.9 Å². The average Bonchev–Trinajstić information content (AvgIpc) is 0.744.